The summed E-state index contributed by atoms with van der Waals surface area (Å²) < 4.78 is 13.8. The van der Waals surface area contributed by atoms with E-state index in [-0.39, 0.29) is 0 Å². The maximum atomic E-state index is 11.0. The third-order valence-corrected chi connectivity index (χ3v) is 3.99. The molecule has 37 heavy (non-hydrogen) atoms. The Balaban J connectivity index is 0.000000534. The fourth-order valence-corrected chi connectivity index (χ4v) is 2.28. The van der Waals surface area contributed by atoms with E-state index in [1.165, 1.54) is 0 Å². The van der Waals surface area contributed by atoms with Crippen LogP contribution < -0.4 is 5.73 Å². The summed E-state index contributed by atoms with van der Waals surface area (Å²) in [6.07, 6.45) is -1.17. The molecule has 10 nitrogen and oxygen atoms in total. The molecule has 0 unspecified atom stereocenters. The van der Waals surface area contributed by atoms with E-state index in [2.05, 4.69) is 4.74 Å². The van der Waals surface area contributed by atoms with Crippen LogP contribution in [0.4, 0.5) is 9.59 Å². The van der Waals surface area contributed by atoms with Gasteiger partial charge in [0.1, 0.15) is 11.2 Å². The molecule has 2 rings (SSSR count). The van der Waals surface area contributed by atoms with Gasteiger partial charge in [-0.2, -0.15) is 0 Å². The highest BCUT2D eigenvalue weighted by atomic mass is 16.8. The van der Waals surface area contributed by atoms with E-state index in [4.69, 9.17) is 25.4 Å². The van der Waals surface area contributed by atoms with Crippen molar-refractivity contribution < 1.29 is 43.6 Å². The molecular formula is C27H37NO9. The average molecular weight is 520 g/mol. The summed E-state index contributed by atoms with van der Waals surface area (Å²) in [4.78, 5) is 42.8. The smallest absolute Gasteiger partial charge is 0.478 e. The lowest BCUT2D eigenvalue weighted by Gasteiger charge is -2.20. The number of nitrogens with two attached hydrogens (primary N) is 1. The number of rotatable bonds is 4. The molecule has 0 bridgehead atoms. The predicted molar refractivity (Wildman–Crippen MR) is 138 cm³/mol. The number of hydrogen-bond donors (Lipinski definition) is 3. The number of carboxylic acids is 2. The molecule has 0 heterocycles. The third kappa shape index (κ3) is 16.4. The minimum atomic E-state index is -1.06. The first-order valence-electron chi connectivity index (χ1n) is 11.5. The first-order chi connectivity index (χ1) is 17.0. The molecule has 0 aliphatic rings. The molecule has 0 spiro atoms. The van der Waals surface area contributed by atoms with Crippen LogP contribution in [0.3, 0.4) is 0 Å². The number of carbonyl (C=O) groups is 4. The third-order valence-electron chi connectivity index (χ3n) is 3.99. The lowest BCUT2D eigenvalue weighted by atomic mass is 10.1. The van der Waals surface area contributed by atoms with Crippen LogP contribution in [-0.4, -0.2) is 45.7 Å². The van der Waals surface area contributed by atoms with Crippen molar-refractivity contribution in [3.05, 3.63) is 70.8 Å². The Bertz CT molecular complexity index is 932. The quantitative estimate of drug-likeness (QED) is 0.339. The highest BCUT2D eigenvalue weighted by Crippen LogP contribution is 2.11. The molecular weight excluding hydrogens is 482 g/mol. The summed E-state index contributed by atoms with van der Waals surface area (Å²) in [6, 6.07) is 13.4. The highest BCUT2D eigenvalue weighted by molar-refractivity contribution is 5.88. The number of aromatic carboxylic acids is 2. The summed E-state index contributed by atoms with van der Waals surface area (Å²) in [5.74, 6) is -1.78. The maximum absolute atomic E-state index is 11.0. The van der Waals surface area contributed by atoms with E-state index in [0.717, 1.165) is 17.5 Å². The Kier molecular flexibility index (Phi) is 13.6. The van der Waals surface area contributed by atoms with Crippen LogP contribution in [0.2, 0.25) is 0 Å². The average Bonchev–Trinajstić information content (AvgIpc) is 2.77. The number of carboxylic acid groups (broad SMARTS) is 2. The lowest BCUT2D eigenvalue weighted by molar-refractivity contribution is -0.0294. The van der Waals surface area contributed by atoms with Crippen LogP contribution in [0.15, 0.2) is 48.5 Å². The zero-order valence-corrected chi connectivity index (χ0v) is 22.4. The van der Waals surface area contributed by atoms with Crippen molar-refractivity contribution >= 4 is 24.2 Å². The summed E-state index contributed by atoms with van der Waals surface area (Å²) in [5.41, 5.74) is 6.68. The van der Waals surface area contributed by atoms with Crippen molar-refractivity contribution in [3.8, 4) is 0 Å². The van der Waals surface area contributed by atoms with Gasteiger partial charge in [-0.3, -0.25) is 0 Å². The van der Waals surface area contributed by atoms with E-state index < -0.39 is 35.5 Å². The van der Waals surface area contributed by atoms with Crippen LogP contribution in [-0.2, 0) is 27.2 Å². The number of benzene rings is 2. The monoisotopic (exact) mass is 519 g/mol. The molecule has 2 aromatic carbocycles. The Hall–Kier alpha value is -3.92. The molecule has 0 aromatic heterocycles. The van der Waals surface area contributed by atoms with Gasteiger partial charge in [-0.1, -0.05) is 31.2 Å². The number of ether oxygens (including phenoxy) is 3. The van der Waals surface area contributed by atoms with Gasteiger partial charge in [0.2, 0.25) is 0 Å². The van der Waals surface area contributed by atoms with Crippen molar-refractivity contribution in [2.24, 2.45) is 5.73 Å². The van der Waals surface area contributed by atoms with E-state index in [0.29, 0.717) is 17.7 Å². The largest absolute Gasteiger partial charge is 0.519 e. The molecule has 10 heteroatoms. The van der Waals surface area contributed by atoms with Gasteiger partial charge in [0, 0.05) is 6.54 Å². The summed E-state index contributed by atoms with van der Waals surface area (Å²) >= 11 is 0. The molecule has 204 valence electrons. The van der Waals surface area contributed by atoms with Gasteiger partial charge in [-0.25, -0.2) is 19.2 Å². The van der Waals surface area contributed by atoms with Crippen molar-refractivity contribution in [1.82, 2.24) is 0 Å². The zero-order chi connectivity index (χ0) is 28.8. The fraction of sp³-hybridized carbons (Fsp3) is 0.407. The molecule has 0 aliphatic heterocycles. The predicted octanol–water partition coefficient (Wildman–Crippen LogP) is 5.66. The van der Waals surface area contributed by atoms with Gasteiger partial charge in [-0.05, 0) is 83.4 Å². The van der Waals surface area contributed by atoms with Crippen LogP contribution in [0.1, 0.15) is 80.3 Å². The Morgan fingerprint density at radius 3 is 1.24 bits per heavy atom. The van der Waals surface area contributed by atoms with Gasteiger partial charge in [0.05, 0.1) is 11.1 Å². The van der Waals surface area contributed by atoms with Crippen molar-refractivity contribution in [2.45, 2.75) is 72.6 Å². The Morgan fingerprint density at radius 2 is 1.00 bits per heavy atom. The standard InChI is InChI=1S/C10H18O5.C9H10O2.C8H9NO2/c1-9(2,3)14-7(11)13-8(12)15-10(4,5)6;1-2-7-3-5-8(6-4-7)9(10)11;9-5-6-1-3-7(4-2-6)8(10)11/h1-6H3;3-6H,2H2,1H3,(H,10,11);1-4H,5,9H2,(H,10,11). The second kappa shape index (κ2) is 15.2. The Morgan fingerprint density at radius 1 is 0.676 bits per heavy atom. The van der Waals surface area contributed by atoms with Gasteiger partial charge in [0.15, 0.2) is 0 Å². The Labute approximate surface area is 217 Å². The summed E-state index contributed by atoms with van der Waals surface area (Å²) in [7, 11) is 0. The molecule has 2 aromatic rings. The molecule has 0 saturated heterocycles. The molecule has 0 atom stereocenters. The first-order valence-corrected chi connectivity index (χ1v) is 11.5. The van der Waals surface area contributed by atoms with Crippen LogP contribution in [0.25, 0.3) is 0 Å². The maximum Gasteiger partial charge on any atom is 0.519 e. The minimum absolute atomic E-state index is 0.294. The molecule has 0 radical (unpaired) electrons. The van der Waals surface area contributed by atoms with Crippen LogP contribution in [0.5, 0.6) is 0 Å². The number of hydrogen-bond acceptors (Lipinski definition) is 8. The molecule has 0 saturated carbocycles. The van der Waals surface area contributed by atoms with Gasteiger partial charge in [0.25, 0.3) is 0 Å². The van der Waals surface area contributed by atoms with Gasteiger partial charge in [-0.15, -0.1) is 0 Å². The number of carbonyl (C=O) groups excluding carboxylic acids is 2. The van der Waals surface area contributed by atoms with E-state index in [1.807, 2.05) is 19.1 Å². The summed E-state index contributed by atoms with van der Waals surface area (Å²) in [6.45, 7) is 12.5. The van der Waals surface area contributed by atoms with Crippen LogP contribution in [0, 0.1) is 0 Å². The van der Waals surface area contributed by atoms with Crippen molar-refractivity contribution in [3.63, 3.8) is 0 Å². The zero-order valence-electron chi connectivity index (χ0n) is 22.4. The lowest BCUT2D eigenvalue weighted by Crippen LogP contribution is -2.29. The highest BCUT2D eigenvalue weighted by Gasteiger charge is 2.24. The second-order valence-electron chi connectivity index (χ2n) is 9.59. The SMILES string of the molecule is CC(C)(C)OC(=O)OC(=O)OC(C)(C)C.CCc1ccc(C(=O)O)cc1.NCc1ccc(C(=O)O)cc1. The molecule has 4 N–H and O–H groups in total. The second-order valence-corrected chi connectivity index (χ2v) is 9.59. The normalized spacial score (nSPS) is 10.5. The fourth-order valence-electron chi connectivity index (χ4n) is 2.28. The van der Waals surface area contributed by atoms with E-state index >= 15 is 0 Å². The topological polar surface area (TPSA) is 162 Å². The molecule has 0 fully saturated rings. The van der Waals surface area contributed by atoms with Crippen LogP contribution >= 0.6 is 0 Å². The van der Waals surface area contributed by atoms with E-state index in [9.17, 15) is 19.2 Å². The van der Waals surface area contributed by atoms with Gasteiger partial charge < -0.3 is 30.2 Å². The van der Waals surface area contributed by atoms with E-state index in [1.54, 1.807) is 77.9 Å². The first kappa shape index (κ1) is 33.1. The minimum Gasteiger partial charge on any atom is -0.478 e. The van der Waals surface area contributed by atoms with Crippen molar-refractivity contribution in [1.29, 1.82) is 0 Å². The van der Waals surface area contributed by atoms with Crippen molar-refractivity contribution in [2.75, 3.05) is 0 Å². The molecule has 0 aliphatic carbocycles. The number of aryl methyl sites for hydroxylation is 1. The van der Waals surface area contributed by atoms with Gasteiger partial charge >= 0.3 is 24.2 Å². The molecule has 0 amide bonds. The summed E-state index contributed by atoms with van der Waals surface area (Å²) in [5, 5.41) is 17.1.